The zero-order valence-corrected chi connectivity index (χ0v) is 14.6. The van der Waals surface area contributed by atoms with Crippen LogP contribution in [0.3, 0.4) is 0 Å². The minimum absolute atomic E-state index is 0.0166. The van der Waals surface area contributed by atoms with Crippen molar-refractivity contribution in [2.45, 2.75) is 26.4 Å². The first-order chi connectivity index (χ1) is 11.2. The first-order valence-electron chi connectivity index (χ1n) is 7.76. The Morgan fingerprint density at radius 3 is 2.50 bits per heavy atom. The highest BCUT2D eigenvalue weighted by molar-refractivity contribution is 5.84. The lowest BCUT2D eigenvalue weighted by atomic mass is 10.1. The van der Waals surface area contributed by atoms with E-state index >= 15 is 0 Å². The van der Waals surface area contributed by atoms with E-state index in [0.717, 1.165) is 5.57 Å². The van der Waals surface area contributed by atoms with Gasteiger partial charge in [0, 0.05) is 19.6 Å². The molecule has 0 spiro atoms. The van der Waals surface area contributed by atoms with Gasteiger partial charge in [0.05, 0.1) is 0 Å². The number of carbonyl (C=O) groups is 2. The van der Waals surface area contributed by atoms with Gasteiger partial charge in [-0.2, -0.15) is 0 Å². The Hall–Kier alpha value is -2.50. The summed E-state index contributed by atoms with van der Waals surface area (Å²) < 4.78 is 5.29. The molecule has 1 aliphatic heterocycles. The number of nitrogens with zero attached hydrogens (tertiary/aromatic N) is 2. The number of aliphatic hydroxyl groups is 1. The molecule has 0 atom stereocenters. The summed E-state index contributed by atoms with van der Waals surface area (Å²) in [5.74, 6) is -0.156. The average Bonchev–Trinajstić information content (AvgIpc) is 2.47. The molecule has 0 bridgehead atoms. The number of hydrogen-bond acceptors (Lipinski definition) is 4. The van der Waals surface area contributed by atoms with Gasteiger partial charge in [0.1, 0.15) is 17.9 Å². The molecular formula is C18H26N2O4. The molecule has 1 fully saturated rings. The third-order valence-corrected chi connectivity index (χ3v) is 3.22. The van der Waals surface area contributed by atoms with Crippen LogP contribution < -0.4 is 0 Å². The monoisotopic (exact) mass is 334 g/mol. The van der Waals surface area contributed by atoms with Crippen LogP contribution in [0.15, 0.2) is 48.8 Å². The third kappa shape index (κ3) is 6.32. The number of aliphatic hydroxyl groups excluding tert-OH is 1. The normalized spacial score (nSPS) is 16.9. The van der Waals surface area contributed by atoms with E-state index in [2.05, 4.69) is 13.2 Å². The van der Waals surface area contributed by atoms with E-state index in [0.29, 0.717) is 19.6 Å². The zero-order valence-electron chi connectivity index (χ0n) is 14.6. The summed E-state index contributed by atoms with van der Waals surface area (Å²) >= 11 is 0. The molecule has 1 saturated heterocycles. The van der Waals surface area contributed by atoms with Gasteiger partial charge < -0.3 is 14.7 Å². The highest BCUT2D eigenvalue weighted by Crippen LogP contribution is 2.14. The highest BCUT2D eigenvalue weighted by Gasteiger charge is 2.30. The van der Waals surface area contributed by atoms with Crippen molar-refractivity contribution in [1.82, 2.24) is 9.80 Å². The third-order valence-electron chi connectivity index (χ3n) is 3.22. The second-order valence-corrected chi connectivity index (χ2v) is 6.47. The molecule has 6 nitrogen and oxygen atoms in total. The Morgan fingerprint density at radius 2 is 2.00 bits per heavy atom. The van der Waals surface area contributed by atoms with Crippen LogP contribution in [0.1, 0.15) is 20.8 Å². The summed E-state index contributed by atoms with van der Waals surface area (Å²) in [6.07, 6.45) is 5.67. The van der Waals surface area contributed by atoms with Crippen LogP contribution in [0.4, 0.5) is 4.79 Å². The second kappa shape index (κ2) is 8.38. The topological polar surface area (TPSA) is 70.1 Å². The van der Waals surface area contributed by atoms with Crippen LogP contribution in [-0.2, 0) is 9.53 Å². The van der Waals surface area contributed by atoms with E-state index in [4.69, 9.17) is 4.74 Å². The van der Waals surface area contributed by atoms with Gasteiger partial charge in [-0.25, -0.2) is 4.79 Å². The molecule has 0 radical (unpaired) electrons. The number of ether oxygens (including phenoxy) is 1. The molecule has 1 N–H and O–H groups in total. The van der Waals surface area contributed by atoms with Gasteiger partial charge in [-0.3, -0.25) is 9.69 Å². The molecular weight excluding hydrogens is 308 g/mol. The first kappa shape index (κ1) is 19.5. The van der Waals surface area contributed by atoms with Crippen molar-refractivity contribution in [1.29, 1.82) is 0 Å². The molecule has 24 heavy (non-hydrogen) atoms. The van der Waals surface area contributed by atoms with Crippen molar-refractivity contribution in [2.24, 2.45) is 0 Å². The van der Waals surface area contributed by atoms with Crippen LogP contribution >= 0.6 is 0 Å². The first-order valence-corrected chi connectivity index (χ1v) is 7.76. The van der Waals surface area contributed by atoms with Crippen molar-refractivity contribution >= 4 is 12.0 Å². The maximum absolute atomic E-state index is 12.3. The quantitative estimate of drug-likeness (QED) is 0.620. The van der Waals surface area contributed by atoms with Gasteiger partial charge in [-0.05, 0) is 38.5 Å². The lowest BCUT2D eigenvalue weighted by Gasteiger charge is -2.35. The maximum atomic E-state index is 12.3. The summed E-state index contributed by atoms with van der Waals surface area (Å²) in [6.45, 7) is 13.6. The van der Waals surface area contributed by atoms with Crippen LogP contribution in [0.2, 0.25) is 0 Å². The molecule has 0 aromatic carbocycles. The van der Waals surface area contributed by atoms with Gasteiger partial charge in [-0.15, -0.1) is 0 Å². The minimum atomic E-state index is -0.593. The fourth-order valence-corrected chi connectivity index (χ4v) is 2.13. The molecule has 2 amide bonds. The van der Waals surface area contributed by atoms with Crippen molar-refractivity contribution < 1.29 is 19.4 Å². The molecule has 0 aliphatic carbocycles. The Labute approximate surface area is 143 Å². The average molecular weight is 334 g/mol. The number of carbonyl (C=O) groups excluding carboxylic acids is 2. The SMILES string of the molecule is C=C/C=C(\C=C(\O)C=C)CN1CCN(C(=O)OC(C)(C)C)CC1=O. The number of piperazine rings is 1. The van der Waals surface area contributed by atoms with E-state index in [9.17, 15) is 14.7 Å². The number of rotatable bonds is 5. The molecule has 6 heteroatoms. The summed E-state index contributed by atoms with van der Waals surface area (Å²) in [5.41, 5.74) is 0.130. The molecule has 0 saturated carbocycles. The minimum Gasteiger partial charge on any atom is -0.508 e. The molecule has 0 aromatic rings. The fourth-order valence-electron chi connectivity index (χ4n) is 2.13. The van der Waals surface area contributed by atoms with Crippen molar-refractivity contribution in [3.05, 3.63) is 48.8 Å². The van der Waals surface area contributed by atoms with Crippen molar-refractivity contribution in [2.75, 3.05) is 26.2 Å². The molecule has 0 aromatic heterocycles. The van der Waals surface area contributed by atoms with Gasteiger partial charge >= 0.3 is 6.09 Å². The van der Waals surface area contributed by atoms with E-state index in [1.54, 1.807) is 37.8 Å². The number of hydrogen-bond donors (Lipinski definition) is 1. The molecule has 1 rings (SSSR count). The molecule has 132 valence electrons. The smallest absolute Gasteiger partial charge is 0.410 e. The summed E-state index contributed by atoms with van der Waals surface area (Å²) in [4.78, 5) is 27.3. The number of allylic oxidation sites excluding steroid dienone is 3. The molecule has 1 heterocycles. The predicted octanol–water partition coefficient (Wildman–Crippen LogP) is 2.81. The Balaban J connectivity index is 2.71. The van der Waals surface area contributed by atoms with Crippen molar-refractivity contribution in [3.63, 3.8) is 0 Å². The lowest BCUT2D eigenvalue weighted by Crippen LogP contribution is -2.53. The van der Waals surface area contributed by atoms with Gasteiger partial charge in [0.15, 0.2) is 0 Å². The standard InChI is InChI=1S/C18H26N2O4/c1-6-8-14(11-15(21)7-2)12-19-9-10-20(13-16(19)22)17(23)24-18(3,4)5/h6-8,11,21H,1-2,9-10,12-13H2,3-5H3/b14-8+,15-11+. The number of amides is 2. The van der Waals surface area contributed by atoms with Gasteiger partial charge in [0.25, 0.3) is 0 Å². The van der Waals surface area contributed by atoms with E-state index in [1.807, 2.05) is 0 Å². The van der Waals surface area contributed by atoms with E-state index in [-0.39, 0.29) is 18.2 Å². The van der Waals surface area contributed by atoms with Crippen LogP contribution in [0.25, 0.3) is 0 Å². The van der Waals surface area contributed by atoms with Crippen molar-refractivity contribution in [3.8, 4) is 0 Å². The summed E-state index contributed by atoms with van der Waals surface area (Å²) in [5, 5.41) is 9.57. The van der Waals surface area contributed by atoms with Crippen LogP contribution in [-0.4, -0.2) is 58.7 Å². The summed E-state index contributed by atoms with van der Waals surface area (Å²) in [7, 11) is 0. The van der Waals surface area contributed by atoms with E-state index < -0.39 is 11.7 Å². The zero-order chi connectivity index (χ0) is 18.3. The van der Waals surface area contributed by atoms with E-state index in [1.165, 1.54) is 17.1 Å². The summed E-state index contributed by atoms with van der Waals surface area (Å²) in [6, 6.07) is 0. The maximum Gasteiger partial charge on any atom is 0.410 e. The van der Waals surface area contributed by atoms with Crippen LogP contribution in [0.5, 0.6) is 0 Å². The largest absolute Gasteiger partial charge is 0.508 e. The van der Waals surface area contributed by atoms with Crippen LogP contribution in [0, 0.1) is 0 Å². The Morgan fingerprint density at radius 1 is 1.33 bits per heavy atom. The van der Waals surface area contributed by atoms with Gasteiger partial charge in [-0.1, -0.05) is 25.3 Å². The Kier molecular flexibility index (Phi) is 6.82. The van der Waals surface area contributed by atoms with Gasteiger partial charge in [0.2, 0.25) is 5.91 Å². The predicted molar refractivity (Wildman–Crippen MR) is 93.6 cm³/mol. The molecule has 1 aliphatic rings. The Bertz CT molecular complexity index is 570. The second-order valence-electron chi connectivity index (χ2n) is 6.47. The lowest BCUT2D eigenvalue weighted by molar-refractivity contribution is -0.135. The molecule has 0 unspecified atom stereocenters. The highest BCUT2D eigenvalue weighted by atomic mass is 16.6. The fraction of sp³-hybridized carbons (Fsp3) is 0.444.